The summed E-state index contributed by atoms with van der Waals surface area (Å²) in [6, 6.07) is 8.27. The van der Waals surface area contributed by atoms with Crippen LogP contribution in [0.2, 0.25) is 0 Å². The molecule has 2 rings (SSSR count). The van der Waals surface area contributed by atoms with Crippen molar-refractivity contribution in [3.05, 3.63) is 42.3 Å². The molecule has 29 heavy (non-hydrogen) atoms. The average molecular weight is 511 g/mol. The topological polar surface area (TPSA) is 20.2 Å². The summed E-state index contributed by atoms with van der Waals surface area (Å²) < 4.78 is 0. The minimum Gasteiger partial charge on any atom is -0.388 e. The van der Waals surface area contributed by atoms with Crippen molar-refractivity contribution in [3.8, 4) is 11.8 Å². The van der Waals surface area contributed by atoms with Gasteiger partial charge in [-0.3, -0.25) is 0 Å². The van der Waals surface area contributed by atoms with Gasteiger partial charge in [0, 0.05) is 61.7 Å². The average Bonchev–Trinajstić information content (AvgIpc) is 2.91. The minimum absolute atomic E-state index is 0. The van der Waals surface area contributed by atoms with E-state index >= 15 is 0 Å². The minimum atomic E-state index is -0.411. The van der Waals surface area contributed by atoms with Crippen LogP contribution in [-0.4, -0.2) is 15.9 Å². The number of hydrogen-bond donors (Lipinski definition) is 1. The van der Waals surface area contributed by atoms with E-state index in [-0.39, 0.29) is 55.3 Å². The second kappa shape index (κ2) is 13.1. The summed E-state index contributed by atoms with van der Waals surface area (Å²) in [5.74, 6) is 6.87. The molecule has 4 heteroatoms. The van der Waals surface area contributed by atoms with Crippen LogP contribution in [0.5, 0.6) is 0 Å². The van der Waals surface area contributed by atoms with E-state index in [0.717, 1.165) is 50.5 Å². The van der Waals surface area contributed by atoms with Gasteiger partial charge in [-0.2, -0.15) is 6.42 Å². The normalized spacial score (nSPS) is 25.1. The van der Waals surface area contributed by atoms with E-state index in [4.69, 9.17) is 23.2 Å². The number of unbranched alkanes of at least 4 members (excludes halogenated alkanes) is 2. The monoisotopic (exact) mass is 510 g/mol. The Balaban J connectivity index is 0.00000420. The van der Waals surface area contributed by atoms with Gasteiger partial charge in [0.1, 0.15) is 0 Å². The van der Waals surface area contributed by atoms with E-state index in [2.05, 4.69) is 51.7 Å². The summed E-state index contributed by atoms with van der Waals surface area (Å²) in [5.41, 5.74) is 2.45. The van der Waals surface area contributed by atoms with Crippen LogP contribution in [-0.2, 0) is 32.7 Å². The summed E-state index contributed by atoms with van der Waals surface area (Å²) in [6.07, 6.45) is 6.09. The fourth-order valence-corrected chi connectivity index (χ4v) is 4.89. The van der Waals surface area contributed by atoms with E-state index < -0.39 is 6.10 Å². The maximum absolute atomic E-state index is 10.5. The molecule has 1 saturated carbocycles. The number of aliphatic hydroxyl groups is 1. The van der Waals surface area contributed by atoms with Crippen molar-refractivity contribution in [1.29, 1.82) is 0 Å². The van der Waals surface area contributed by atoms with Crippen molar-refractivity contribution >= 4 is 23.2 Å². The van der Waals surface area contributed by atoms with E-state index in [1.165, 1.54) is 5.56 Å². The molecule has 1 aromatic carbocycles. The summed E-state index contributed by atoms with van der Waals surface area (Å²) in [7, 11) is 0. The van der Waals surface area contributed by atoms with Crippen LogP contribution in [0.3, 0.4) is 0 Å². The molecule has 5 unspecified atom stereocenters. The van der Waals surface area contributed by atoms with Crippen LogP contribution >= 0.6 is 23.2 Å². The van der Waals surface area contributed by atoms with Gasteiger partial charge in [0.15, 0.2) is 0 Å². The zero-order valence-electron chi connectivity index (χ0n) is 18.1. The van der Waals surface area contributed by atoms with Gasteiger partial charge in [0.25, 0.3) is 0 Å². The first-order valence-electron chi connectivity index (χ1n) is 10.6. The molecule has 0 saturated heterocycles. The number of hydrogen-bond acceptors (Lipinski definition) is 1. The molecule has 0 bridgehead atoms. The maximum Gasteiger partial charge on any atom is 0.0790 e. The van der Waals surface area contributed by atoms with Gasteiger partial charge >= 0.3 is 0 Å². The molecule has 0 heterocycles. The van der Waals surface area contributed by atoms with Gasteiger partial charge in [0.05, 0.1) is 6.10 Å². The molecule has 1 N–H and O–H groups in total. The molecule has 1 nitrogen and oxygen atoms in total. The standard InChI is InChI=1S/C25H35Cl2O.Y/c1-5-6-7-8-10-20-21(26)17-22(27)24(20)19-14-12-18(13-15-19)23(28)11-9-16-25(2,3)4;/h12-15,20-24,28H,1,5-7,9,11,16-17H2,2-4H3;/q-1;. The zero-order chi connectivity index (χ0) is 20.7. The Hall–Kier alpha value is 0.424. The molecular weight excluding hydrogens is 476 g/mol. The van der Waals surface area contributed by atoms with Crippen LogP contribution in [0.15, 0.2) is 24.3 Å². The zero-order valence-corrected chi connectivity index (χ0v) is 22.5. The van der Waals surface area contributed by atoms with Gasteiger partial charge in [-0.15, -0.1) is 29.1 Å². The predicted molar refractivity (Wildman–Crippen MR) is 122 cm³/mol. The number of benzene rings is 1. The number of aliphatic hydroxyl groups excluding tert-OH is 1. The third kappa shape index (κ3) is 8.82. The molecule has 0 spiro atoms. The van der Waals surface area contributed by atoms with Crippen molar-refractivity contribution in [1.82, 2.24) is 0 Å². The van der Waals surface area contributed by atoms with Crippen molar-refractivity contribution < 1.29 is 37.8 Å². The number of rotatable bonds is 7. The molecule has 1 fully saturated rings. The summed E-state index contributed by atoms with van der Waals surface area (Å²) in [6.45, 7) is 10.6. The largest absolute Gasteiger partial charge is 0.388 e. The molecule has 0 aromatic heterocycles. The number of alkyl halides is 2. The first-order valence-corrected chi connectivity index (χ1v) is 11.4. The van der Waals surface area contributed by atoms with Crippen molar-refractivity contribution in [2.45, 2.75) is 88.5 Å². The summed E-state index contributed by atoms with van der Waals surface area (Å²) >= 11 is 13.2. The second-order valence-electron chi connectivity index (χ2n) is 9.23. The summed E-state index contributed by atoms with van der Waals surface area (Å²) in [5, 5.41) is 10.5. The Labute approximate surface area is 213 Å². The molecule has 1 aliphatic carbocycles. The first kappa shape index (κ1) is 27.5. The van der Waals surface area contributed by atoms with E-state index in [9.17, 15) is 5.11 Å². The first-order chi connectivity index (χ1) is 13.2. The van der Waals surface area contributed by atoms with Gasteiger partial charge in [-0.1, -0.05) is 63.8 Å². The van der Waals surface area contributed by atoms with Crippen molar-refractivity contribution in [2.75, 3.05) is 0 Å². The van der Waals surface area contributed by atoms with E-state index in [1.54, 1.807) is 0 Å². The van der Waals surface area contributed by atoms with Crippen LogP contribution in [0.1, 0.15) is 88.9 Å². The Bertz CT molecular complexity index is 656. The molecule has 5 atom stereocenters. The van der Waals surface area contributed by atoms with E-state index in [1.807, 2.05) is 12.1 Å². The second-order valence-corrected chi connectivity index (χ2v) is 10.4. The van der Waals surface area contributed by atoms with Gasteiger partial charge < -0.3 is 12.0 Å². The molecule has 159 valence electrons. The Morgan fingerprint density at radius 2 is 1.79 bits per heavy atom. The van der Waals surface area contributed by atoms with Crippen molar-refractivity contribution in [3.63, 3.8) is 0 Å². The smallest absolute Gasteiger partial charge is 0.0790 e. The molecule has 1 aromatic rings. The van der Waals surface area contributed by atoms with Gasteiger partial charge in [-0.25, -0.2) is 0 Å². The molecule has 0 aliphatic heterocycles. The van der Waals surface area contributed by atoms with Gasteiger partial charge in [-0.05, 0) is 35.8 Å². The maximum atomic E-state index is 10.5. The molecular formula is C25H35Cl2OY-. The number of halogens is 2. The fourth-order valence-electron chi connectivity index (χ4n) is 3.89. The van der Waals surface area contributed by atoms with Crippen LogP contribution in [0.25, 0.3) is 0 Å². The third-order valence-electron chi connectivity index (χ3n) is 5.55. The molecule has 1 radical (unpaired) electrons. The third-order valence-corrected chi connectivity index (χ3v) is 6.45. The quantitative estimate of drug-likeness (QED) is 0.177. The fraction of sp³-hybridized carbons (Fsp3) is 0.640. The Kier molecular flexibility index (Phi) is 12.4. The predicted octanol–water partition coefficient (Wildman–Crippen LogP) is 7.26. The SMILES string of the molecule is [CH2-]CCCC#CC1C(Cl)CC(Cl)C1c1ccc(C(O)CCCC(C)(C)C)cc1.[Y]. The summed E-state index contributed by atoms with van der Waals surface area (Å²) in [4.78, 5) is 0. The van der Waals surface area contributed by atoms with Crippen LogP contribution in [0, 0.1) is 30.1 Å². The van der Waals surface area contributed by atoms with E-state index in [0.29, 0.717) is 5.41 Å². The van der Waals surface area contributed by atoms with Crippen LogP contribution in [0.4, 0.5) is 0 Å². The van der Waals surface area contributed by atoms with Crippen LogP contribution < -0.4 is 0 Å². The van der Waals surface area contributed by atoms with Crippen molar-refractivity contribution in [2.24, 2.45) is 11.3 Å². The molecule has 1 aliphatic rings. The Morgan fingerprint density at radius 1 is 1.14 bits per heavy atom. The Morgan fingerprint density at radius 3 is 2.38 bits per heavy atom. The van der Waals surface area contributed by atoms with Gasteiger partial charge in [0.2, 0.25) is 0 Å². The molecule has 0 amide bonds.